The maximum atomic E-state index is 5.99. The molecule has 0 saturated carbocycles. The Labute approximate surface area is 196 Å². The summed E-state index contributed by atoms with van der Waals surface area (Å²) in [5.74, 6) is 0. The lowest BCUT2D eigenvalue weighted by Crippen LogP contribution is -2.11. The highest BCUT2D eigenvalue weighted by atomic mass is 35.5. The molecule has 0 amide bonds. The topological polar surface area (TPSA) is 3.24 Å². The zero-order chi connectivity index (χ0) is 22.7. The summed E-state index contributed by atoms with van der Waals surface area (Å²) in [5.41, 5.74) is 10.8. The van der Waals surface area contributed by atoms with Crippen LogP contribution in [0.2, 0.25) is 5.02 Å². The van der Waals surface area contributed by atoms with Gasteiger partial charge in [0.1, 0.15) is 0 Å². The standard InChI is InChI=1S/C30H28ClN/c1-21-15-22(2)18-29(17-21)32(30-19-23(3)16-24(4)20-30)28-13-9-26(10-14-28)6-5-25-7-11-27(31)12-8-25/h5-20H,1-4H3. The number of halogens is 1. The third-order valence-corrected chi connectivity index (χ3v) is 5.67. The van der Waals surface area contributed by atoms with Gasteiger partial charge in [0, 0.05) is 22.1 Å². The van der Waals surface area contributed by atoms with Crippen LogP contribution in [0.4, 0.5) is 17.1 Å². The van der Waals surface area contributed by atoms with Gasteiger partial charge >= 0.3 is 0 Å². The first-order valence-corrected chi connectivity index (χ1v) is 11.3. The normalized spacial score (nSPS) is 11.2. The molecule has 0 spiro atoms. The van der Waals surface area contributed by atoms with Crippen molar-refractivity contribution in [3.63, 3.8) is 0 Å². The van der Waals surface area contributed by atoms with Gasteiger partial charge in [-0.25, -0.2) is 0 Å². The minimum absolute atomic E-state index is 0.754. The second kappa shape index (κ2) is 9.46. The Morgan fingerprint density at radius 2 is 0.875 bits per heavy atom. The zero-order valence-electron chi connectivity index (χ0n) is 19.1. The van der Waals surface area contributed by atoms with Crippen molar-refractivity contribution in [2.24, 2.45) is 0 Å². The summed E-state index contributed by atoms with van der Waals surface area (Å²) >= 11 is 5.99. The van der Waals surface area contributed by atoms with E-state index in [9.17, 15) is 0 Å². The first-order chi connectivity index (χ1) is 15.4. The van der Waals surface area contributed by atoms with E-state index in [0.717, 1.165) is 21.8 Å². The van der Waals surface area contributed by atoms with Crippen molar-refractivity contribution >= 4 is 40.8 Å². The first kappa shape index (κ1) is 21.9. The third kappa shape index (κ3) is 5.30. The van der Waals surface area contributed by atoms with Gasteiger partial charge in [-0.2, -0.15) is 0 Å². The second-order valence-corrected chi connectivity index (χ2v) is 8.94. The predicted octanol–water partition coefficient (Wildman–Crippen LogP) is 9.21. The van der Waals surface area contributed by atoms with Crippen LogP contribution >= 0.6 is 11.6 Å². The largest absolute Gasteiger partial charge is 0.310 e. The predicted molar refractivity (Wildman–Crippen MR) is 140 cm³/mol. The maximum absolute atomic E-state index is 5.99. The summed E-state index contributed by atoms with van der Waals surface area (Å²) < 4.78 is 0. The van der Waals surface area contributed by atoms with Crippen LogP contribution in [0.3, 0.4) is 0 Å². The van der Waals surface area contributed by atoms with Crippen molar-refractivity contribution in [2.45, 2.75) is 27.7 Å². The maximum Gasteiger partial charge on any atom is 0.0466 e. The molecule has 32 heavy (non-hydrogen) atoms. The van der Waals surface area contributed by atoms with Gasteiger partial charge in [0.05, 0.1) is 0 Å². The average Bonchev–Trinajstić information content (AvgIpc) is 2.73. The van der Waals surface area contributed by atoms with E-state index in [1.807, 2.05) is 24.3 Å². The van der Waals surface area contributed by atoms with Gasteiger partial charge in [0.25, 0.3) is 0 Å². The Kier molecular flexibility index (Phi) is 6.48. The molecule has 0 N–H and O–H groups in total. The van der Waals surface area contributed by atoms with Gasteiger partial charge in [0.2, 0.25) is 0 Å². The van der Waals surface area contributed by atoms with Crippen LogP contribution in [0.15, 0.2) is 84.9 Å². The van der Waals surface area contributed by atoms with Crippen LogP contribution in [0.5, 0.6) is 0 Å². The molecule has 0 atom stereocenters. The molecular formula is C30H28ClN. The second-order valence-electron chi connectivity index (χ2n) is 8.50. The summed E-state index contributed by atoms with van der Waals surface area (Å²) in [6.07, 6.45) is 4.24. The lowest BCUT2D eigenvalue weighted by Gasteiger charge is -2.27. The molecule has 4 rings (SSSR count). The highest BCUT2D eigenvalue weighted by Crippen LogP contribution is 2.36. The Morgan fingerprint density at radius 1 is 0.500 bits per heavy atom. The van der Waals surface area contributed by atoms with Crippen molar-refractivity contribution in [3.05, 3.63) is 123 Å². The molecule has 0 aliphatic rings. The Morgan fingerprint density at radius 3 is 1.28 bits per heavy atom. The van der Waals surface area contributed by atoms with E-state index in [4.69, 9.17) is 11.6 Å². The SMILES string of the molecule is Cc1cc(C)cc(N(c2ccc(C=Cc3ccc(Cl)cc3)cc2)c2cc(C)cc(C)c2)c1. The highest BCUT2D eigenvalue weighted by molar-refractivity contribution is 6.30. The van der Waals surface area contributed by atoms with Crippen LogP contribution in [0, 0.1) is 27.7 Å². The van der Waals surface area contributed by atoms with Crippen LogP contribution in [-0.4, -0.2) is 0 Å². The van der Waals surface area contributed by atoms with Crippen molar-refractivity contribution in [1.82, 2.24) is 0 Å². The van der Waals surface area contributed by atoms with E-state index < -0.39 is 0 Å². The summed E-state index contributed by atoms with van der Waals surface area (Å²) in [4.78, 5) is 2.34. The summed E-state index contributed by atoms with van der Waals surface area (Å²) in [6, 6.07) is 30.0. The molecule has 0 bridgehead atoms. The molecule has 1 nitrogen and oxygen atoms in total. The molecule has 160 valence electrons. The summed E-state index contributed by atoms with van der Waals surface area (Å²) in [6.45, 7) is 8.61. The molecule has 2 heteroatoms. The molecule has 0 aliphatic carbocycles. The van der Waals surface area contributed by atoms with Crippen molar-refractivity contribution in [1.29, 1.82) is 0 Å². The van der Waals surface area contributed by atoms with E-state index in [1.54, 1.807) is 0 Å². The van der Waals surface area contributed by atoms with Crippen molar-refractivity contribution < 1.29 is 0 Å². The zero-order valence-corrected chi connectivity index (χ0v) is 19.8. The number of rotatable bonds is 5. The fourth-order valence-electron chi connectivity index (χ4n) is 4.11. The Bertz CT molecular complexity index is 1160. The minimum Gasteiger partial charge on any atom is -0.310 e. The quantitative estimate of drug-likeness (QED) is 0.281. The molecule has 0 aliphatic heterocycles. The number of anilines is 3. The molecule has 0 aromatic heterocycles. The van der Waals surface area contributed by atoms with Gasteiger partial charge in [-0.05, 0) is 110 Å². The smallest absolute Gasteiger partial charge is 0.0466 e. The average molecular weight is 438 g/mol. The van der Waals surface area contributed by atoms with Gasteiger partial charge in [-0.15, -0.1) is 0 Å². The van der Waals surface area contributed by atoms with Gasteiger partial charge in [0.15, 0.2) is 0 Å². The molecule has 4 aromatic carbocycles. The van der Waals surface area contributed by atoms with Crippen molar-refractivity contribution in [2.75, 3.05) is 4.90 Å². The van der Waals surface area contributed by atoms with Crippen molar-refractivity contribution in [3.8, 4) is 0 Å². The van der Waals surface area contributed by atoms with E-state index in [1.165, 1.54) is 33.6 Å². The number of hydrogen-bond donors (Lipinski definition) is 0. The molecule has 4 aromatic rings. The molecule has 0 saturated heterocycles. The van der Waals surface area contributed by atoms with Crippen LogP contribution in [-0.2, 0) is 0 Å². The van der Waals surface area contributed by atoms with Crippen LogP contribution < -0.4 is 4.90 Å². The monoisotopic (exact) mass is 437 g/mol. The summed E-state index contributed by atoms with van der Waals surface area (Å²) in [5, 5.41) is 0.754. The number of benzene rings is 4. The fourth-order valence-corrected chi connectivity index (χ4v) is 4.23. The van der Waals surface area contributed by atoms with E-state index in [-0.39, 0.29) is 0 Å². The third-order valence-electron chi connectivity index (χ3n) is 5.42. The number of hydrogen-bond acceptors (Lipinski definition) is 1. The minimum atomic E-state index is 0.754. The first-order valence-electron chi connectivity index (χ1n) is 10.9. The molecule has 0 unspecified atom stereocenters. The lowest BCUT2D eigenvalue weighted by molar-refractivity contribution is 1.23. The number of nitrogens with zero attached hydrogens (tertiary/aromatic N) is 1. The van der Waals surface area contributed by atoms with Gasteiger partial charge < -0.3 is 4.90 Å². The number of aryl methyl sites for hydroxylation is 4. The van der Waals surface area contributed by atoms with E-state index >= 15 is 0 Å². The Hall–Kier alpha value is -3.29. The molecule has 0 radical (unpaired) electrons. The highest BCUT2D eigenvalue weighted by Gasteiger charge is 2.14. The van der Waals surface area contributed by atoms with Gasteiger partial charge in [-0.3, -0.25) is 0 Å². The van der Waals surface area contributed by atoms with Crippen LogP contribution in [0.1, 0.15) is 33.4 Å². The molecule has 0 heterocycles. The summed E-state index contributed by atoms with van der Waals surface area (Å²) in [7, 11) is 0. The van der Waals surface area contributed by atoms with Crippen LogP contribution in [0.25, 0.3) is 12.2 Å². The molecular weight excluding hydrogens is 410 g/mol. The van der Waals surface area contributed by atoms with E-state index in [0.29, 0.717) is 0 Å². The van der Waals surface area contributed by atoms with E-state index in [2.05, 4.69) is 105 Å². The molecule has 0 fully saturated rings. The van der Waals surface area contributed by atoms with Gasteiger partial charge in [-0.1, -0.05) is 60.2 Å². The lowest BCUT2D eigenvalue weighted by atomic mass is 10.1. The fraction of sp³-hybridized carbons (Fsp3) is 0.133. The Balaban J connectivity index is 1.71.